The van der Waals surface area contributed by atoms with Crippen molar-refractivity contribution in [2.45, 2.75) is 31.8 Å². The van der Waals surface area contributed by atoms with E-state index in [9.17, 15) is 0 Å². The molecule has 0 saturated heterocycles. The Balaban J connectivity index is 1.73. The molecule has 1 aromatic carbocycles. The van der Waals surface area contributed by atoms with Gasteiger partial charge in [0.1, 0.15) is 11.3 Å². The topological polar surface area (TPSA) is 42.4 Å². The maximum atomic E-state index is 5.89. The van der Waals surface area contributed by atoms with Gasteiger partial charge in [-0.2, -0.15) is 0 Å². The predicted octanol–water partition coefficient (Wildman–Crippen LogP) is 2.99. The quantitative estimate of drug-likeness (QED) is 0.916. The van der Waals surface area contributed by atoms with E-state index in [4.69, 9.17) is 10.2 Å². The molecule has 0 aliphatic heterocycles. The zero-order chi connectivity index (χ0) is 13.2. The summed E-state index contributed by atoms with van der Waals surface area (Å²) in [6, 6.07) is 10.9. The first-order valence-electron chi connectivity index (χ1n) is 7.15. The Morgan fingerprint density at radius 1 is 1.32 bits per heavy atom. The zero-order valence-corrected chi connectivity index (χ0v) is 11.5. The lowest BCUT2D eigenvalue weighted by Gasteiger charge is -2.28. The number of rotatable bonds is 4. The second kappa shape index (κ2) is 5.35. The van der Waals surface area contributed by atoms with Crippen LogP contribution in [0.4, 0.5) is 0 Å². The fourth-order valence-corrected chi connectivity index (χ4v) is 3.35. The van der Waals surface area contributed by atoms with E-state index in [0.29, 0.717) is 12.0 Å². The molecule has 1 aromatic heterocycles. The van der Waals surface area contributed by atoms with E-state index in [1.165, 1.54) is 24.6 Å². The molecule has 1 heterocycles. The van der Waals surface area contributed by atoms with Crippen molar-refractivity contribution in [2.75, 3.05) is 13.6 Å². The highest BCUT2D eigenvalue weighted by Crippen LogP contribution is 2.30. The van der Waals surface area contributed by atoms with Gasteiger partial charge >= 0.3 is 0 Å². The van der Waals surface area contributed by atoms with Crippen LogP contribution in [0.25, 0.3) is 11.0 Å². The van der Waals surface area contributed by atoms with Gasteiger partial charge < -0.3 is 10.2 Å². The van der Waals surface area contributed by atoms with Gasteiger partial charge in [0, 0.05) is 11.4 Å². The lowest BCUT2D eigenvalue weighted by Crippen LogP contribution is -2.37. The van der Waals surface area contributed by atoms with Crippen molar-refractivity contribution >= 4 is 11.0 Å². The molecule has 102 valence electrons. The van der Waals surface area contributed by atoms with E-state index in [0.717, 1.165) is 24.4 Å². The van der Waals surface area contributed by atoms with Gasteiger partial charge in [0.15, 0.2) is 0 Å². The molecule has 2 unspecified atom stereocenters. The van der Waals surface area contributed by atoms with Crippen LogP contribution in [0.1, 0.15) is 25.0 Å². The van der Waals surface area contributed by atoms with Crippen molar-refractivity contribution < 1.29 is 4.42 Å². The minimum Gasteiger partial charge on any atom is -0.460 e. The van der Waals surface area contributed by atoms with Gasteiger partial charge in [-0.25, -0.2) is 0 Å². The van der Waals surface area contributed by atoms with Crippen molar-refractivity contribution in [3.63, 3.8) is 0 Å². The van der Waals surface area contributed by atoms with Gasteiger partial charge in [-0.15, -0.1) is 0 Å². The molecule has 2 aromatic rings. The van der Waals surface area contributed by atoms with Crippen molar-refractivity contribution in [1.29, 1.82) is 0 Å². The number of nitrogens with zero attached hydrogens (tertiary/aromatic N) is 1. The summed E-state index contributed by atoms with van der Waals surface area (Å²) in [5.74, 6) is 1.70. The summed E-state index contributed by atoms with van der Waals surface area (Å²) in [5.41, 5.74) is 6.85. The van der Waals surface area contributed by atoms with Crippen LogP contribution < -0.4 is 5.73 Å². The Labute approximate surface area is 114 Å². The first-order chi connectivity index (χ1) is 9.28. The predicted molar refractivity (Wildman–Crippen MR) is 77.9 cm³/mol. The third-order valence-corrected chi connectivity index (χ3v) is 4.37. The maximum absolute atomic E-state index is 5.89. The molecule has 2 atom stereocenters. The smallest absolute Gasteiger partial charge is 0.134 e. The molecule has 3 nitrogen and oxygen atoms in total. The average molecular weight is 258 g/mol. The lowest BCUT2D eigenvalue weighted by atomic mass is 10.0. The van der Waals surface area contributed by atoms with Gasteiger partial charge in [-0.1, -0.05) is 24.6 Å². The van der Waals surface area contributed by atoms with Crippen molar-refractivity contribution in [3.8, 4) is 0 Å². The number of hydrogen-bond acceptors (Lipinski definition) is 3. The standard InChI is InChI=1S/C16H22N2O/c1-18(15-7-4-6-13(15)10-17)11-14-9-12-5-2-3-8-16(12)19-14/h2-3,5,8-9,13,15H,4,6-7,10-11,17H2,1H3. The van der Waals surface area contributed by atoms with Gasteiger partial charge in [-0.05, 0) is 44.5 Å². The average Bonchev–Trinajstić information content (AvgIpc) is 3.03. The van der Waals surface area contributed by atoms with Crippen LogP contribution in [0.5, 0.6) is 0 Å². The number of nitrogens with two attached hydrogens (primary N) is 1. The van der Waals surface area contributed by atoms with Gasteiger partial charge in [0.25, 0.3) is 0 Å². The summed E-state index contributed by atoms with van der Waals surface area (Å²) < 4.78 is 5.89. The molecule has 1 fully saturated rings. The van der Waals surface area contributed by atoms with Gasteiger partial charge in [-0.3, -0.25) is 4.90 Å². The SMILES string of the molecule is CN(Cc1cc2ccccc2o1)C1CCCC1CN. The van der Waals surface area contributed by atoms with Crippen LogP contribution in [0.15, 0.2) is 34.7 Å². The molecule has 3 heteroatoms. The molecule has 1 aliphatic rings. The first-order valence-corrected chi connectivity index (χ1v) is 7.15. The maximum Gasteiger partial charge on any atom is 0.134 e. The fourth-order valence-electron chi connectivity index (χ4n) is 3.35. The molecule has 0 bridgehead atoms. The summed E-state index contributed by atoms with van der Waals surface area (Å²) in [6.45, 7) is 1.67. The number of fused-ring (bicyclic) bond motifs is 1. The molecule has 1 saturated carbocycles. The first kappa shape index (κ1) is 12.7. The molecular weight excluding hydrogens is 236 g/mol. The van der Waals surface area contributed by atoms with Gasteiger partial charge in [0.05, 0.1) is 6.54 Å². The van der Waals surface area contributed by atoms with E-state index in [1.54, 1.807) is 0 Å². The highest BCUT2D eigenvalue weighted by atomic mass is 16.3. The number of hydrogen-bond donors (Lipinski definition) is 1. The van der Waals surface area contributed by atoms with Crippen LogP contribution in [-0.4, -0.2) is 24.5 Å². The fraction of sp³-hybridized carbons (Fsp3) is 0.500. The third kappa shape index (κ3) is 2.53. The van der Waals surface area contributed by atoms with E-state index in [2.05, 4.69) is 24.1 Å². The monoisotopic (exact) mass is 258 g/mol. The van der Waals surface area contributed by atoms with E-state index < -0.39 is 0 Å². The van der Waals surface area contributed by atoms with Crippen molar-refractivity contribution in [3.05, 3.63) is 36.1 Å². The second-order valence-electron chi connectivity index (χ2n) is 5.66. The largest absolute Gasteiger partial charge is 0.460 e. The molecule has 0 spiro atoms. The number of furan rings is 1. The minimum atomic E-state index is 0.609. The van der Waals surface area contributed by atoms with Gasteiger partial charge in [0.2, 0.25) is 0 Å². The number of benzene rings is 1. The third-order valence-electron chi connectivity index (χ3n) is 4.37. The highest BCUT2D eigenvalue weighted by Gasteiger charge is 2.29. The molecule has 19 heavy (non-hydrogen) atoms. The van der Waals surface area contributed by atoms with E-state index >= 15 is 0 Å². The van der Waals surface area contributed by atoms with E-state index in [-0.39, 0.29) is 0 Å². The van der Waals surface area contributed by atoms with Crippen LogP contribution >= 0.6 is 0 Å². The molecular formula is C16H22N2O. The Morgan fingerprint density at radius 3 is 2.95 bits per heavy atom. The summed E-state index contributed by atoms with van der Waals surface area (Å²) in [5, 5.41) is 1.19. The summed E-state index contributed by atoms with van der Waals surface area (Å²) in [6.07, 6.45) is 3.83. The van der Waals surface area contributed by atoms with Crippen LogP contribution in [0, 0.1) is 5.92 Å². The van der Waals surface area contributed by atoms with Crippen LogP contribution in [0.2, 0.25) is 0 Å². The second-order valence-corrected chi connectivity index (χ2v) is 5.66. The summed E-state index contributed by atoms with van der Waals surface area (Å²) in [7, 11) is 2.19. The number of para-hydroxylation sites is 1. The Hall–Kier alpha value is -1.32. The molecule has 3 rings (SSSR count). The molecule has 1 aliphatic carbocycles. The van der Waals surface area contributed by atoms with Crippen molar-refractivity contribution in [2.24, 2.45) is 11.7 Å². The normalized spacial score (nSPS) is 23.5. The van der Waals surface area contributed by atoms with Crippen molar-refractivity contribution in [1.82, 2.24) is 4.90 Å². The Bertz CT molecular complexity index is 515. The summed E-state index contributed by atoms with van der Waals surface area (Å²) in [4.78, 5) is 2.40. The van der Waals surface area contributed by atoms with Crippen LogP contribution in [-0.2, 0) is 6.54 Å². The van der Waals surface area contributed by atoms with Crippen LogP contribution in [0.3, 0.4) is 0 Å². The highest BCUT2D eigenvalue weighted by molar-refractivity contribution is 5.77. The zero-order valence-electron chi connectivity index (χ0n) is 11.5. The minimum absolute atomic E-state index is 0.609. The summed E-state index contributed by atoms with van der Waals surface area (Å²) >= 11 is 0. The lowest BCUT2D eigenvalue weighted by molar-refractivity contribution is 0.181. The van der Waals surface area contributed by atoms with E-state index in [1.807, 2.05) is 18.2 Å². The Kier molecular flexibility index (Phi) is 3.58. The Morgan fingerprint density at radius 2 is 2.16 bits per heavy atom. The molecule has 0 amide bonds. The molecule has 0 radical (unpaired) electrons. The molecule has 2 N–H and O–H groups in total.